The quantitative estimate of drug-likeness (QED) is 0.403. The average molecular weight is 540 g/mol. The maximum atomic E-state index is 14.3. The molecule has 1 aliphatic heterocycles. The summed E-state index contributed by atoms with van der Waals surface area (Å²) in [5.41, 5.74) is 3.14. The Bertz CT molecular complexity index is 1340. The Kier molecular flexibility index (Phi) is 8.42. The zero-order chi connectivity index (χ0) is 27.4. The van der Waals surface area contributed by atoms with E-state index >= 15 is 0 Å². The van der Waals surface area contributed by atoms with Crippen molar-refractivity contribution in [2.45, 2.75) is 44.2 Å². The van der Waals surface area contributed by atoms with Gasteiger partial charge in [-0.3, -0.25) is 0 Å². The second-order valence-corrected chi connectivity index (χ2v) is 11.7. The van der Waals surface area contributed by atoms with Gasteiger partial charge in [0.25, 0.3) is 10.0 Å². The molecule has 2 heterocycles. The Morgan fingerprint density at radius 1 is 1.05 bits per heavy atom. The lowest BCUT2D eigenvalue weighted by Gasteiger charge is -2.38. The largest absolute Gasteiger partial charge is 0.497 e. The van der Waals surface area contributed by atoms with Crippen molar-refractivity contribution in [3.8, 4) is 11.5 Å². The molecule has 0 aliphatic carbocycles. The van der Waals surface area contributed by atoms with E-state index in [0.717, 1.165) is 31.6 Å². The number of ether oxygens (including phenoxy) is 2. The summed E-state index contributed by atoms with van der Waals surface area (Å²) in [6.45, 7) is 5.64. The Balaban J connectivity index is 1.75. The van der Waals surface area contributed by atoms with Crippen LogP contribution < -0.4 is 18.7 Å². The smallest absolute Gasteiger partial charge is 0.266 e. The molecule has 0 saturated carbocycles. The van der Waals surface area contributed by atoms with Crippen molar-refractivity contribution in [3.63, 3.8) is 0 Å². The van der Waals surface area contributed by atoms with E-state index in [-0.39, 0.29) is 17.3 Å². The topological polar surface area (TPSA) is 88.1 Å². The number of piperidine rings is 1. The number of aryl methyl sites for hydroxylation is 2. The molecular formula is C28H37N5O4S. The number of sulfonamides is 1. The number of anilines is 2. The maximum absolute atomic E-state index is 14.3. The van der Waals surface area contributed by atoms with E-state index in [1.165, 1.54) is 16.8 Å². The Labute approximate surface area is 226 Å². The molecule has 1 aliphatic rings. The molecule has 1 atom stereocenters. The fraction of sp³-hybridized carbons (Fsp3) is 0.429. The molecule has 0 spiro atoms. The van der Waals surface area contributed by atoms with Crippen molar-refractivity contribution in [2.24, 2.45) is 0 Å². The van der Waals surface area contributed by atoms with Crippen LogP contribution in [0, 0.1) is 13.8 Å². The van der Waals surface area contributed by atoms with E-state index in [9.17, 15) is 8.42 Å². The van der Waals surface area contributed by atoms with Crippen LogP contribution in [-0.2, 0) is 16.6 Å². The summed E-state index contributed by atoms with van der Waals surface area (Å²) in [5.74, 6) is 1.44. The fourth-order valence-corrected chi connectivity index (χ4v) is 6.91. The maximum Gasteiger partial charge on any atom is 0.266 e. The van der Waals surface area contributed by atoms with Gasteiger partial charge >= 0.3 is 0 Å². The minimum absolute atomic E-state index is 0.0315. The molecule has 204 valence electrons. The van der Waals surface area contributed by atoms with Crippen molar-refractivity contribution in [1.82, 2.24) is 14.9 Å². The van der Waals surface area contributed by atoms with E-state index < -0.39 is 10.0 Å². The molecule has 0 N–H and O–H groups in total. The Morgan fingerprint density at radius 3 is 2.39 bits per heavy atom. The summed E-state index contributed by atoms with van der Waals surface area (Å²) in [6, 6.07) is 11.4. The molecular weight excluding hydrogens is 502 g/mol. The Hall–Kier alpha value is -3.37. The van der Waals surface area contributed by atoms with Gasteiger partial charge in [-0.05, 0) is 76.2 Å². The molecule has 4 rings (SSSR count). The molecule has 10 heteroatoms. The van der Waals surface area contributed by atoms with Crippen LogP contribution in [0.5, 0.6) is 11.5 Å². The van der Waals surface area contributed by atoms with Crippen molar-refractivity contribution in [1.29, 1.82) is 0 Å². The highest BCUT2D eigenvalue weighted by atomic mass is 32.2. The molecule has 1 fully saturated rings. The minimum atomic E-state index is -4.00. The van der Waals surface area contributed by atoms with Gasteiger partial charge in [0, 0.05) is 48.7 Å². The van der Waals surface area contributed by atoms with Crippen LogP contribution in [0.25, 0.3) is 0 Å². The SMILES string of the molecule is COc1ccc(CN(c2ccncn2)S(=O)(=O)c2c(C)cc(N3CCCC(N(C)C)C3)cc2C)c(OC)c1. The molecule has 3 aromatic rings. The van der Waals surface area contributed by atoms with E-state index in [1.807, 2.05) is 32.0 Å². The third kappa shape index (κ3) is 5.71. The predicted molar refractivity (Wildman–Crippen MR) is 150 cm³/mol. The van der Waals surface area contributed by atoms with Crippen LogP contribution in [0.1, 0.15) is 29.5 Å². The minimum Gasteiger partial charge on any atom is -0.497 e. The Morgan fingerprint density at radius 2 is 1.79 bits per heavy atom. The summed E-state index contributed by atoms with van der Waals surface area (Å²) in [6.07, 6.45) is 5.16. The van der Waals surface area contributed by atoms with Gasteiger partial charge in [0.1, 0.15) is 23.6 Å². The summed E-state index contributed by atoms with van der Waals surface area (Å²) >= 11 is 0. The first kappa shape index (κ1) is 27.7. The average Bonchev–Trinajstić information content (AvgIpc) is 2.91. The molecule has 1 aromatic heterocycles. The van der Waals surface area contributed by atoms with Crippen LogP contribution in [0.2, 0.25) is 0 Å². The van der Waals surface area contributed by atoms with Gasteiger partial charge in [0.15, 0.2) is 0 Å². The van der Waals surface area contributed by atoms with Gasteiger partial charge in [-0.1, -0.05) is 0 Å². The number of benzene rings is 2. The van der Waals surface area contributed by atoms with Crippen molar-refractivity contribution >= 4 is 21.5 Å². The van der Waals surface area contributed by atoms with Gasteiger partial charge in [-0.25, -0.2) is 22.7 Å². The number of hydrogen-bond acceptors (Lipinski definition) is 8. The first-order chi connectivity index (χ1) is 18.1. The summed E-state index contributed by atoms with van der Waals surface area (Å²) in [4.78, 5) is 13.2. The van der Waals surface area contributed by atoms with Crippen molar-refractivity contribution < 1.29 is 17.9 Å². The second-order valence-electron chi connectivity index (χ2n) is 9.87. The summed E-state index contributed by atoms with van der Waals surface area (Å²) in [7, 11) is 3.35. The lowest BCUT2D eigenvalue weighted by atomic mass is 10.0. The van der Waals surface area contributed by atoms with E-state index in [2.05, 4.69) is 33.9 Å². The highest BCUT2D eigenvalue weighted by molar-refractivity contribution is 7.92. The summed E-state index contributed by atoms with van der Waals surface area (Å²) < 4.78 is 40.8. The molecule has 1 saturated heterocycles. The number of methoxy groups -OCH3 is 2. The lowest BCUT2D eigenvalue weighted by molar-refractivity contribution is 0.258. The number of nitrogens with zero attached hydrogens (tertiary/aromatic N) is 5. The van der Waals surface area contributed by atoms with Crippen molar-refractivity contribution in [2.75, 3.05) is 50.6 Å². The molecule has 1 unspecified atom stereocenters. The number of aromatic nitrogens is 2. The monoisotopic (exact) mass is 539 g/mol. The summed E-state index contributed by atoms with van der Waals surface area (Å²) in [5, 5.41) is 0. The highest BCUT2D eigenvalue weighted by Crippen LogP contribution is 2.34. The third-order valence-corrected chi connectivity index (χ3v) is 9.17. The molecule has 0 bridgehead atoms. The normalized spacial score (nSPS) is 16.0. The van der Waals surface area contributed by atoms with Gasteiger partial charge in [-0.15, -0.1) is 0 Å². The zero-order valence-electron chi connectivity index (χ0n) is 23.0. The first-order valence-electron chi connectivity index (χ1n) is 12.7. The fourth-order valence-electron chi connectivity index (χ4n) is 5.10. The van der Waals surface area contributed by atoms with Crippen LogP contribution in [0.4, 0.5) is 11.5 Å². The van der Waals surface area contributed by atoms with Crippen LogP contribution in [0.15, 0.2) is 53.8 Å². The number of rotatable bonds is 9. The molecule has 0 radical (unpaired) electrons. The van der Waals surface area contributed by atoms with E-state index in [4.69, 9.17) is 9.47 Å². The molecule has 9 nitrogen and oxygen atoms in total. The van der Waals surface area contributed by atoms with Crippen LogP contribution in [-0.4, -0.2) is 70.7 Å². The van der Waals surface area contributed by atoms with E-state index in [0.29, 0.717) is 34.2 Å². The third-order valence-electron chi connectivity index (χ3n) is 7.12. The van der Waals surface area contributed by atoms with Crippen molar-refractivity contribution in [3.05, 3.63) is 65.6 Å². The molecule has 0 amide bonds. The van der Waals surface area contributed by atoms with Gasteiger partial charge in [-0.2, -0.15) is 0 Å². The molecule has 2 aromatic carbocycles. The standard InChI is InChI=1S/C28H37N5O4S/c1-20-14-24(32-13-7-8-23(18-32)31(3)4)15-21(2)28(20)38(34,35)33(27-11-12-29-19-30-27)17-22-9-10-25(36-5)16-26(22)37-6/h9-12,14-16,19,23H,7-8,13,17-18H2,1-6H3. The van der Waals surface area contributed by atoms with Gasteiger partial charge < -0.3 is 19.3 Å². The predicted octanol–water partition coefficient (Wildman–Crippen LogP) is 4.04. The van der Waals surface area contributed by atoms with E-state index in [1.54, 1.807) is 32.4 Å². The zero-order valence-corrected chi connectivity index (χ0v) is 23.8. The number of hydrogen-bond donors (Lipinski definition) is 0. The second kappa shape index (κ2) is 11.6. The number of likely N-dealkylation sites (N-methyl/N-ethyl adjacent to an activating group) is 1. The van der Waals surface area contributed by atoms with Crippen LogP contribution in [0.3, 0.4) is 0 Å². The van der Waals surface area contributed by atoms with Gasteiger partial charge in [0.2, 0.25) is 0 Å². The lowest BCUT2D eigenvalue weighted by Crippen LogP contribution is -2.45. The molecule has 38 heavy (non-hydrogen) atoms. The van der Waals surface area contributed by atoms with Crippen LogP contribution >= 0.6 is 0 Å². The highest BCUT2D eigenvalue weighted by Gasteiger charge is 2.31. The first-order valence-corrected chi connectivity index (χ1v) is 14.1. The van der Waals surface area contributed by atoms with Gasteiger partial charge in [0.05, 0.1) is 25.7 Å².